The van der Waals surface area contributed by atoms with Gasteiger partial charge in [0.15, 0.2) is 0 Å². The second kappa shape index (κ2) is 6.70. The van der Waals surface area contributed by atoms with E-state index in [-0.39, 0.29) is 31.0 Å². The normalized spacial score (nSPS) is 12.1. The summed E-state index contributed by atoms with van der Waals surface area (Å²) in [6.07, 6.45) is 0. The van der Waals surface area contributed by atoms with Crippen LogP contribution in [-0.4, -0.2) is 35.7 Å². The van der Waals surface area contributed by atoms with Crippen LogP contribution in [0.3, 0.4) is 0 Å². The fourth-order valence-corrected chi connectivity index (χ4v) is 1.62. The largest absolute Gasteiger partial charge is 0.394 e. The number of carbonyl (C=O) groups excluding carboxylic acids is 1. The van der Waals surface area contributed by atoms with Crippen LogP contribution in [0, 0.1) is 5.82 Å². The molecule has 18 heavy (non-hydrogen) atoms. The van der Waals surface area contributed by atoms with E-state index < -0.39 is 0 Å². The van der Waals surface area contributed by atoms with Crippen LogP contribution < -0.4 is 5.32 Å². The quantitative estimate of drug-likeness (QED) is 0.893. The van der Waals surface area contributed by atoms with Crippen LogP contribution in [0.4, 0.5) is 9.18 Å². The Hall–Kier alpha value is -1.14. The van der Waals surface area contributed by atoms with E-state index in [1.807, 2.05) is 0 Å². The van der Waals surface area contributed by atoms with Crippen molar-refractivity contribution in [2.75, 3.05) is 13.7 Å². The van der Waals surface area contributed by atoms with Crippen molar-refractivity contribution in [3.63, 3.8) is 0 Å². The van der Waals surface area contributed by atoms with Gasteiger partial charge in [0.1, 0.15) is 5.82 Å². The van der Waals surface area contributed by atoms with Crippen LogP contribution in [0.15, 0.2) is 22.7 Å². The van der Waals surface area contributed by atoms with Crippen molar-refractivity contribution in [2.45, 2.75) is 19.5 Å². The smallest absolute Gasteiger partial charge is 0.317 e. The van der Waals surface area contributed by atoms with Crippen LogP contribution >= 0.6 is 15.9 Å². The average molecular weight is 319 g/mol. The lowest BCUT2D eigenvalue weighted by atomic mass is 10.2. The maximum Gasteiger partial charge on any atom is 0.317 e. The van der Waals surface area contributed by atoms with E-state index >= 15 is 0 Å². The molecule has 0 saturated carbocycles. The van der Waals surface area contributed by atoms with Gasteiger partial charge in [-0.15, -0.1) is 0 Å². The van der Waals surface area contributed by atoms with E-state index in [2.05, 4.69) is 21.2 Å². The molecule has 0 aromatic heterocycles. The highest BCUT2D eigenvalue weighted by Crippen LogP contribution is 2.15. The summed E-state index contributed by atoms with van der Waals surface area (Å²) in [7, 11) is 1.58. The molecule has 1 aromatic rings. The molecule has 2 amide bonds. The topological polar surface area (TPSA) is 52.6 Å². The predicted molar refractivity (Wildman–Crippen MR) is 70.6 cm³/mol. The molecule has 100 valence electrons. The van der Waals surface area contributed by atoms with Gasteiger partial charge in [-0.2, -0.15) is 0 Å². The molecule has 1 rings (SSSR count). The molecule has 0 saturated heterocycles. The SMILES string of the molecule is CC(CO)N(C)C(=O)NCc1ccc(Br)cc1F. The van der Waals surface area contributed by atoms with E-state index in [4.69, 9.17) is 5.11 Å². The van der Waals surface area contributed by atoms with Crippen molar-refractivity contribution in [3.8, 4) is 0 Å². The molecule has 0 aliphatic carbocycles. The molecule has 1 aromatic carbocycles. The molecule has 0 spiro atoms. The second-order valence-corrected chi connectivity index (χ2v) is 4.95. The van der Waals surface area contributed by atoms with Crippen molar-refractivity contribution in [2.24, 2.45) is 0 Å². The number of carbonyl (C=O) groups is 1. The number of nitrogens with zero attached hydrogens (tertiary/aromatic N) is 1. The van der Waals surface area contributed by atoms with Crippen LogP contribution in [0.25, 0.3) is 0 Å². The number of urea groups is 1. The Labute approximate surface area is 114 Å². The average Bonchev–Trinajstić information content (AvgIpc) is 2.35. The van der Waals surface area contributed by atoms with E-state index in [9.17, 15) is 9.18 Å². The number of hydrogen-bond donors (Lipinski definition) is 2. The standard InChI is InChI=1S/C12H16BrFN2O2/c1-8(7-17)16(2)12(18)15-6-9-3-4-10(13)5-11(9)14/h3-5,8,17H,6-7H2,1-2H3,(H,15,18). The molecule has 0 radical (unpaired) electrons. The summed E-state index contributed by atoms with van der Waals surface area (Å²) in [5.74, 6) is -0.373. The number of aliphatic hydroxyl groups is 1. The van der Waals surface area contributed by atoms with Crippen molar-refractivity contribution in [1.29, 1.82) is 0 Å². The van der Waals surface area contributed by atoms with Crippen LogP contribution in [0.5, 0.6) is 0 Å². The maximum absolute atomic E-state index is 13.5. The Balaban J connectivity index is 2.57. The van der Waals surface area contributed by atoms with Crippen LogP contribution in [0.2, 0.25) is 0 Å². The lowest BCUT2D eigenvalue weighted by molar-refractivity contribution is 0.157. The van der Waals surface area contributed by atoms with Gasteiger partial charge in [-0.1, -0.05) is 22.0 Å². The number of aliphatic hydroxyl groups excluding tert-OH is 1. The summed E-state index contributed by atoms with van der Waals surface area (Å²) < 4.78 is 14.1. The molecule has 0 heterocycles. The minimum atomic E-state index is -0.373. The summed E-state index contributed by atoms with van der Waals surface area (Å²) in [6.45, 7) is 1.72. The third-order valence-corrected chi connectivity index (χ3v) is 3.18. The molecule has 6 heteroatoms. The van der Waals surface area contributed by atoms with Gasteiger partial charge in [-0.3, -0.25) is 0 Å². The number of nitrogens with one attached hydrogen (secondary N) is 1. The Morgan fingerprint density at radius 1 is 1.61 bits per heavy atom. The van der Waals surface area contributed by atoms with E-state index in [1.54, 1.807) is 26.1 Å². The summed E-state index contributed by atoms with van der Waals surface area (Å²) >= 11 is 3.16. The summed E-state index contributed by atoms with van der Waals surface area (Å²) in [5.41, 5.74) is 0.414. The van der Waals surface area contributed by atoms with Crippen molar-refractivity contribution >= 4 is 22.0 Å². The van der Waals surface area contributed by atoms with Crippen molar-refractivity contribution < 1.29 is 14.3 Å². The third kappa shape index (κ3) is 3.96. The van der Waals surface area contributed by atoms with Gasteiger partial charge < -0.3 is 15.3 Å². The zero-order valence-electron chi connectivity index (χ0n) is 10.3. The highest BCUT2D eigenvalue weighted by Gasteiger charge is 2.14. The number of likely N-dealkylation sites (N-methyl/N-ethyl adjacent to an activating group) is 1. The molecule has 0 aliphatic heterocycles. The minimum Gasteiger partial charge on any atom is -0.394 e. The fourth-order valence-electron chi connectivity index (χ4n) is 1.28. The molecule has 1 atom stereocenters. The van der Waals surface area contributed by atoms with Crippen LogP contribution in [0.1, 0.15) is 12.5 Å². The van der Waals surface area contributed by atoms with Gasteiger partial charge in [-0.25, -0.2) is 9.18 Å². The number of hydrogen-bond acceptors (Lipinski definition) is 2. The van der Waals surface area contributed by atoms with Gasteiger partial charge in [-0.05, 0) is 19.1 Å². The first-order valence-corrected chi connectivity index (χ1v) is 6.30. The molecule has 2 N–H and O–H groups in total. The Morgan fingerprint density at radius 3 is 2.83 bits per heavy atom. The number of halogens is 2. The van der Waals surface area contributed by atoms with Gasteiger partial charge in [0, 0.05) is 23.6 Å². The highest BCUT2D eigenvalue weighted by molar-refractivity contribution is 9.10. The fraction of sp³-hybridized carbons (Fsp3) is 0.417. The monoisotopic (exact) mass is 318 g/mol. The molecular weight excluding hydrogens is 303 g/mol. The molecule has 0 aliphatic rings. The maximum atomic E-state index is 13.5. The summed E-state index contributed by atoms with van der Waals surface area (Å²) in [5, 5.41) is 11.5. The molecular formula is C12H16BrFN2O2. The summed E-state index contributed by atoms with van der Waals surface area (Å²) in [6, 6.07) is 4.04. The number of rotatable bonds is 4. The molecule has 0 bridgehead atoms. The molecule has 1 unspecified atom stereocenters. The minimum absolute atomic E-state index is 0.112. The van der Waals surface area contributed by atoms with Crippen molar-refractivity contribution in [1.82, 2.24) is 10.2 Å². The molecule has 4 nitrogen and oxygen atoms in total. The highest BCUT2D eigenvalue weighted by atomic mass is 79.9. The Morgan fingerprint density at radius 2 is 2.28 bits per heavy atom. The van der Waals surface area contributed by atoms with E-state index in [1.165, 1.54) is 11.0 Å². The van der Waals surface area contributed by atoms with Gasteiger partial charge in [0.2, 0.25) is 0 Å². The zero-order valence-corrected chi connectivity index (χ0v) is 11.9. The predicted octanol–water partition coefficient (Wildman–Crippen LogP) is 2.11. The lowest BCUT2D eigenvalue weighted by Crippen LogP contribution is -2.43. The van der Waals surface area contributed by atoms with E-state index in [0.29, 0.717) is 10.0 Å². The summed E-state index contributed by atoms with van der Waals surface area (Å²) in [4.78, 5) is 13.0. The van der Waals surface area contributed by atoms with E-state index in [0.717, 1.165) is 0 Å². The number of benzene rings is 1. The zero-order chi connectivity index (χ0) is 13.7. The Kier molecular flexibility index (Phi) is 5.55. The first-order valence-electron chi connectivity index (χ1n) is 5.51. The molecule has 0 fully saturated rings. The third-order valence-electron chi connectivity index (χ3n) is 2.69. The van der Waals surface area contributed by atoms with Gasteiger partial charge in [0.25, 0.3) is 0 Å². The Bertz CT molecular complexity index is 429. The van der Waals surface area contributed by atoms with Gasteiger partial charge >= 0.3 is 6.03 Å². The first kappa shape index (κ1) is 14.9. The second-order valence-electron chi connectivity index (χ2n) is 4.04. The van der Waals surface area contributed by atoms with Gasteiger partial charge in [0.05, 0.1) is 12.6 Å². The lowest BCUT2D eigenvalue weighted by Gasteiger charge is -2.23. The van der Waals surface area contributed by atoms with Crippen LogP contribution in [-0.2, 0) is 6.54 Å². The number of amides is 2. The van der Waals surface area contributed by atoms with Crippen molar-refractivity contribution in [3.05, 3.63) is 34.1 Å². The first-order chi connectivity index (χ1) is 8.45.